The Kier molecular flexibility index (Phi) is 10.5. The van der Waals surface area contributed by atoms with Crippen LogP contribution in [0.1, 0.15) is 91.4 Å². The van der Waals surface area contributed by atoms with Gasteiger partial charge in [-0.15, -0.1) is 0 Å². The van der Waals surface area contributed by atoms with Crippen LogP contribution in [0.15, 0.2) is 0 Å². The van der Waals surface area contributed by atoms with Crippen LogP contribution in [0.3, 0.4) is 0 Å². The van der Waals surface area contributed by atoms with Crippen LogP contribution in [-0.2, 0) is 14.9 Å². The van der Waals surface area contributed by atoms with Crippen LogP contribution in [0.25, 0.3) is 0 Å². The Morgan fingerprint density at radius 2 is 1.69 bits per heavy atom. The summed E-state index contributed by atoms with van der Waals surface area (Å²) in [5.41, 5.74) is -0.185. The van der Waals surface area contributed by atoms with Gasteiger partial charge in [0.1, 0.15) is 0 Å². The van der Waals surface area contributed by atoms with E-state index in [0.717, 1.165) is 64.3 Å². The molecule has 0 spiro atoms. The van der Waals surface area contributed by atoms with E-state index in [1.54, 1.807) is 0 Å². The lowest BCUT2D eigenvalue weighted by atomic mass is 9.43. The molecule has 11 atom stereocenters. The molecular formula is C32H59N2O7S+. The van der Waals surface area contributed by atoms with Crippen molar-refractivity contribution in [3.63, 3.8) is 0 Å². The molecule has 9 nitrogen and oxygen atoms in total. The van der Waals surface area contributed by atoms with Crippen molar-refractivity contribution in [1.82, 2.24) is 5.32 Å². The van der Waals surface area contributed by atoms with E-state index in [0.29, 0.717) is 48.2 Å². The zero-order chi connectivity index (χ0) is 31.1. The largest absolute Gasteiger partial charge is 0.393 e. The Labute approximate surface area is 254 Å². The Hall–Kier alpha value is -0.780. The van der Waals surface area contributed by atoms with Crippen LogP contribution >= 0.6 is 0 Å². The van der Waals surface area contributed by atoms with Crippen molar-refractivity contribution >= 4 is 16.0 Å². The number of hydrogen-bond donors (Lipinski definition) is 5. The van der Waals surface area contributed by atoms with Crippen LogP contribution in [0.2, 0.25) is 0 Å². The van der Waals surface area contributed by atoms with Crippen molar-refractivity contribution in [2.45, 2.75) is 110 Å². The summed E-state index contributed by atoms with van der Waals surface area (Å²) in [7, 11) is 0.114. The molecule has 42 heavy (non-hydrogen) atoms. The molecule has 0 aromatic rings. The number of fused-ring (bicyclic) bond motifs is 5. The van der Waals surface area contributed by atoms with Crippen molar-refractivity contribution in [3.05, 3.63) is 0 Å². The molecule has 4 saturated carbocycles. The summed E-state index contributed by atoms with van der Waals surface area (Å²) in [5, 5.41) is 36.6. The van der Waals surface area contributed by atoms with Crippen molar-refractivity contribution in [2.75, 3.05) is 39.5 Å². The molecule has 0 radical (unpaired) electrons. The van der Waals surface area contributed by atoms with Gasteiger partial charge in [0, 0.05) is 25.8 Å². The van der Waals surface area contributed by atoms with Crippen LogP contribution < -0.4 is 5.32 Å². The first-order valence-corrected chi connectivity index (χ1v) is 18.2. The number of nitrogens with one attached hydrogen (secondary N) is 1. The summed E-state index contributed by atoms with van der Waals surface area (Å²) in [4.78, 5) is 12.7. The molecule has 10 heteroatoms. The maximum absolute atomic E-state index is 12.7. The number of nitrogens with zero attached hydrogens (tertiary/aromatic N) is 1. The van der Waals surface area contributed by atoms with Gasteiger partial charge in [0.25, 0.3) is 10.1 Å². The molecule has 0 aromatic carbocycles. The second kappa shape index (κ2) is 12.9. The number of quaternary nitrogens is 1. The molecule has 4 aliphatic carbocycles. The summed E-state index contributed by atoms with van der Waals surface area (Å²) in [6.45, 7) is 8.87. The number of aliphatic hydroxyl groups excluding tert-OH is 3. The summed E-state index contributed by atoms with van der Waals surface area (Å²) < 4.78 is 31.5. The Morgan fingerprint density at radius 3 is 2.38 bits per heavy atom. The standard InChI is InChI=1S/C32H58N2O7S/c1-21(8-11-29(38)33-14-6-15-34(4,5)16-7-17-42(39,40)41)24-9-10-25-30-26(20-28(37)32(24,25)3)31(2)13-12-23(35)18-22(31)19-27(30)36/h21-28,30,35-37H,6-20H2,1-5H3,(H-,33,38,39,40,41)/p+1/t21-,22+,23-,24-,25+,26-,27-,28+,30+,31+,32-/m1/s1. The van der Waals surface area contributed by atoms with Crippen LogP contribution in [0.4, 0.5) is 0 Å². The monoisotopic (exact) mass is 615 g/mol. The van der Waals surface area contributed by atoms with Crippen molar-refractivity contribution in [1.29, 1.82) is 0 Å². The lowest BCUT2D eigenvalue weighted by molar-refractivity contribution is -0.890. The minimum Gasteiger partial charge on any atom is -0.393 e. The molecule has 5 N–H and O–H groups in total. The molecule has 0 bridgehead atoms. The van der Waals surface area contributed by atoms with E-state index >= 15 is 0 Å². The van der Waals surface area contributed by atoms with Crippen LogP contribution in [0, 0.1) is 46.3 Å². The maximum Gasteiger partial charge on any atom is 0.265 e. The number of hydrogen-bond acceptors (Lipinski definition) is 6. The lowest BCUT2D eigenvalue weighted by Gasteiger charge is -2.63. The van der Waals surface area contributed by atoms with Crippen LogP contribution in [0.5, 0.6) is 0 Å². The number of aliphatic hydroxyl groups is 3. The third-order valence-corrected chi connectivity index (χ3v) is 13.6. The highest BCUT2D eigenvalue weighted by molar-refractivity contribution is 7.85. The first kappa shape index (κ1) is 34.1. The van der Waals surface area contributed by atoms with Gasteiger partial charge in [-0.05, 0) is 97.7 Å². The summed E-state index contributed by atoms with van der Waals surface area (Å²) in [6, 6.07) is 0. The van der Waals surface area contributed by atoms with E-state index in [2.05, 4.69) is 26.1 Å². The van der Waals surface area contributed by atoms with Gasteiger partial charge >= 0.3 is 0 Å². The van der Waals surface area contributed by atoms with Crippen molar-refractivity contribution < 1.29 is 37.6 Å². The van der Waals surface area contributed by atoms with E-state index < -0.39 is 16.2 Å². The number of carbonyl (C=O) groups is 1. The number of carbonyl (C=O) groups excluding carboxylic acids is 1. The molecule has 4 fully saturated rings. The molecule has 1 amide bonds. The minimum absolute atomic E-state index is 0.0450. The Balaban J connectivity index is 1.27. The van der Waals surface area contributed by atoms with E-state index in [1.165, 1.54) is 0 Å². The van der Waals surface area contributed by atoms with Gasteiger partial charge in [-0.1, -0.05) is 20.8 Å². The Bertz CT molecular complexity index is 1050. The van der Waals surface area contributed by atoms with E-state index in [4.69, 9.17) is 4.55 Å². The van der Waals surface area contributed by atoms with E-state index in [-0.39, 0.29) is 52.5 Å². The molecule has 4 aliphatic rings. The summed E-state index contributed by atoms with van der Waals surface area (Å²) in [6.07, 6.45) is 7.47. The third kappa shape index (κ3) is 7.20. The topological polar surface area (TPSA) is 144 Å². The Morgan fingerprint density at radius 1 is 1.00 bits per heavy atom. The molecule has 0 unspecified atom stereocenters. The smallest absolute Gasteiger partial charge is 0.265 e. The SMILES string of the molecule is C[C@H](CCC(=O)NCCC[N+](C)(C)CCCS(=O)(=O)O)[C@H]1CC[C@H]2[C@@H]3[C@H](O)C[C@@H]4C[C@H](O)CC[C@]4(C)[C@@H]3C[C@H](O)[C@]12C. The van der Waals surface area contributed by atoms with Gasteiger partial charge in [0.15, 0.2) is 0 Å². The van der Waals surface area contributed by atoms with Gasteiger partial charge in [-0.25, -0.2) is 0 Å². The zero-order valence-corrected chi connectivity index (χ0v) is 27.5. The highest BCUT2D eigenvalue weighted by atomic mass is 32.2. The second-order valence-electron chi connectivity index (χ2n) is 15.8. The summed E-state index contributed by atoms with van der Waals surface area (Å²) in [5.74, 6) is 1.52. The zero-order valence-electron chi connectivity index (χ0n) is 26.7. The summed E-state index contributed by atoms with van der Waals surface area (Å²) >= 11 is 0. The predicted molar refractivity (Wildman–Crippen MR) is 163 cm³/mol. The van der Waals surface area contributed by atoms with Gasteiger partial charge in [-0.2, -0.15) is 8.42 Å². The third-order valence-electron chi connectivity index (χ3n) is 12.8. The molecule has 0 heterocycles. The fourth-order valence-corrected chi connectivity index (χ4v) is 10.8. The molecule has 244 valence electrons. The van der Waals surface area contributed by atoms with Crippen LogP contribution in [-0.4, -0.2) is 96.5 Å². The molecule has 0 saturated heterocycles. The minimum atomic E-state index is -3.93. The van der Waals surface area contributed by atoms with E-state index in [9.17, 15) is 28.5 Å². The maximum atomic E-state index is 12.7. The molecule has 0 aliphatic heterocycles. The van der Waals surface area contributed by atoms with Gasteiger partial charge < -0.3 is 25.1 Å². The first-order valence-electron chi connectivity index (χ1n) is 16.6. The highest BCUT2D eigenvalue weighted by Gasteiger charge is 2.65. The lowest BCUT2D eigenvalue weighted by Crippen LogP contribution is -2.62. The highest BCUT2D eigenvalue weighted by Crippen LogP contribution is 2.68. The van der Waals surface area contributed by atoms with Crippen molar-refractivity contribution in [2.24, 2.45) is 46.3 Å². The fourth-order valence-electron chi connectivity index (χ4n) is 10.3. The first-order chi connectivity index (χ1) is 19.5. The molecule has 0 aromatic heterocycles. The number of rotatable bonds is 12. The number of amides is 1. The van der Waals surface area contributed by atoms with Gasteiger partial charge in [0.05, 0.1) is 51.2 Å². The fraction of sp³-hybridized carbons (Fsp3) is 0.969. The van der Waals surface area contributed by atoms with Gasteiger partial charge in [0.2, 0.25) is 5.91 Å². The van der Waals surface area contributed by atoms with Gasteiger partial charge in [-0.3, -0.25) is 9.35 Å². The average molecular weight is 616 g/mol. The normalized spacial score (nSPS) is 41.0. The quantitative estimate of drug-likeness (QED) is 0.129. The van der Waals surface area contributed by atoms with E-state index in [1.807, 2.05) is 14.1 Å². The predicted octanol–water partition coefficient (Wildman–Crippen LogP) is 3.22. The molecule has 4 rings (SSSR count). The second-order valence-corrected chi connectivity index (χ2v) is 17.3. The molecular weight excluding hydrogens is 556 g/mol. The average Bonchev–Trinajstić information content (AvgIpc) is 3.24. The van der Waals surface area contributed by atoms with Crippen molar-refractivity contribution in [3.8, 4) is 0 Å².